The van der Waals surface area contributed by atoms with Crippen molar-refractivity contribution in [2.45, 2.75) is 0 Å². The number of anilines is 1. The van der Waals surface area contributed by atoms with Crippen LogP contribution in [0.3, 0.4) is 0 Å². The molecule has 1 aromatic carbocycles. The largest absolute Gasteiger partial charge is 0.497 e. The minimum atomic E-state index is -1.55. The predicted molar refractivity (Wildman–Crippen MR) is 73.1 cm³/mol. The van der Waals surface area contributed by atoms with Gasteiger partial charge in [0.05, 0.1) is 12.6 Å². The third-order valence-corrected chi connectivity index (χ3v) is 2.66. The van der Waals surface area contributed by atoms with Crippen LogP contribution in [0.1, 0.15) is 0 Å². The van der Waals surface area contributed by atoms with E-state index in [0.717, 1.165) is 6.20 Å². The quantitative estimate of drug-likeness (QED) is 0.425. The molecular formula is C13H11N3O5. The molecule has 0 saturated carbocycles. The molecule has 0 aliphatic rings. The van der Waals surface area contributed by atoms with E-state index in [9.17, 15) is 9.59 Å². The Labute approximate surface area is 118 Å². The van der Waals surface area contributed by atoms with Crippen molar-refractivity contribution in [1.29, 1.82) is 0 Å². The molecule has 0 aliphatic carbocycles. The van der Waals surface area contributed by atoms with Crippen LogP contribution >= 0.6 is 0 Å². The fourth-order valence-electron chi connectivity index (χ4n) is 1.63. The summed E-state index contributed by atoms with van der Waals surface area (Å²) in [4.78, 5) is 29.6. The van der Waals surface area contributed by atoms with Crippen LogP contribution < -0.4 is 10.1 Å². The number of carboxylic acids is 2. The molecule has 2 aromatic rings. The second kappa shape index (κ2) is 5.87. The molecule has 1 heterocycles. The van der Waals surface area contributed by atoms with Crippen molar-refractivity contribution in [2.24, 2.45) is 0 Å². The van der Waals surface area contributed by atoms with Gasteiger partial charge in [0.1, 0.15) is 17.9 Å². The number of benzene rings is 1. The lowest BCUT2D eigenvalue weighted by atomic mass is 10.2. The Hall–Kier alpha value is -3.16. The van der Waals surface area contributed by atoms with Crippen molar-refractivity contribution in [1.82, 2.24) is 9.97 Å². The van der Waals surface area contributed by atoms with E-state index in [-0.39, 0.29) is 0 Å². The molecule has 8 heteroatoms. The summed E-state index contributed by atoms with van der Waals surface area (Å²) in [6.07, 6.45) is 2.15. The van der Waals surface area contributed by atoms with E-state index < -0.39 is 17.5 Å². The van der Waals surface area contributed by atoms with Crippen molar-refractivity contribution in [3.8, 4) is 5.75 Å². The Morgan fingerprint density at radius 1 is 1.24 bits per heavy atom. The Kier molecular flexibility index (Phi) is 3.98. The highest BCUT2D eigenvalue weighted by Crippen LogP contribution is 2.23. The van der Waals surface area contributed by atoms with Crippen LogP contribution in [-0.2, 0) is 9.59 Å². The highest BCUT2D eigenvalue weighted by atomic mass is 16.5. The summed E-state index contributed by atoms with van der Waals surface area (Å²) < 4.78 is 5.08. The molecule has 8 nitrogen and oxygen atoms in total. The maximum Gasteiger partial charge on any atom is 0.344 e. The summed E-state index contributed by atoms with van der Waals surface area (Å²) in [7, 11) is 1.52. The molecule has 2 rings (SSSR count). The predicted octanol–water partition coefficient (Wildman–Crippen LogP) is 1.10. The standard InChI is InChI=1S/C13H11N3O5/c1-21-7-2-3-8-10(4-7)15-6-16-11(8)14-5-9(12(17)18)13(19)20/h2-6H,1H3,(H,17,18)(H,19,20)(H,14,15,16). The second-order valence-corrected chi connectivity index (χ2v) is 3.92. The summed E-state index contributed by atoms with van der Waals surface area (Å²) in [5.41, 5.74) is -0.220. The Balaban J connectivity index is 2.41. The van der Waals surface area contributed by atoms with Gasteiger partial charge in [-0.1, -0.05) is 0 Å². The first-order valence-corrected chi connectivity index (χ1v) is 5.75. The van der Waals surface area contributed by atoms with Crippen molar-refractivity contribution in [2.75, 3.05) is 12.4 Å². The highest BCUT2D eigenvalue weighted by Gasteiger charge is 2.16. The number of rotatable bonds is 5. The summed E-state index contributed by atoms with van der Waals surface area (Å²) in [6, 6.07) is 5.06. The molecule has 21 heavy (non-hydrogen) atoms. The summed E-state index contributed by atoms with van der Waals surface area (Å²) in [5, 5.41) is 20.7. The van der Waals surface area contributed by atoms with Gasteiger partial charge in [0.15, 0.2) is 5.57 Å². The zero-order valence-electron chi connectivity index (χ0n) is 10.9. The number of aromatic nitrogens is 2. The normalized spacial score (nSPS) is 9.95. The number of methoxy groups -OCH3 is 1. The van der Waals surface area contributed by atoms with Crippen LogP contribution in [0.5, 0.6) is 5.75 Å². The Morgan fingerprint density at radius 3 is 2.57 bits per heavy atom. The molecule has 0 radical (unpaired) electrons. The van der Waals surface area contributed by atoms with Crippen LogP contribution in [-0.4, -0.2) is 39.2 Å². The molecule has 0 spiro atoms. The summed E-state index contributed by atoms with van der Waals surface area (Å²) in [6.45, 7) is 0. The van der Waals surface area contributed by atoms with Gasteiger partial charge in [-0.3, -0.25) is 0 Å². The van der Waals surface area contributed by atoms with Crippen LogP contribution in [0.4, 0.5) is 5.82 Å². The van der Waals surface area contributed by atoms with Gasteiger partial charge in [0.25, 0.3) is 0 Å². The van der Waals surface area contributed by atoms with Crippen LogP contribution in [0, 0.1) is 0 Å². The molecule has 0 unspecified atom stereocenters. The van der Waals surface area contributed by atoms with Crippen molar-refractivity contribution >= 4 is 28.7 Å². The maximum atomic E-state index is 10.8. The fourth-order valence-corrected chi connectivity index (χ4v) is 1.63. The number of ether oxygens (including phenoxy) is 1. The van der Waals surface area contributed by atoms with Crippen LogP contribution in [0.25, 0.3) is 10.9 Å². The van der Waals surface area contributed by atoms with E-state index in [1.54, 1.807) is 18.2 Å². The zero-order chi connectivity index (χ0) is 15.4. The van der Waals surface area contributed by atoms with E-state index in [1.165, 1.54) is 13.4 Å². The lowest BCUT2D eigenvalue weighted by Crippen LogP contribution is -2.13. The molecule has 0 bridgehead atoms. The molecule has 3 N–H and O–H groups in total. The minimum absolute atomic E-state index is 0.294. The van der Waals surface area contributed by atoms with Gasteiger partial charge < -0.3 is 20.3 Å². The van der Waals surface area contributed by atoms with Gasteiger partial charge in [-0.2, -0.15) is 0 Å². The first kappa shape index (κ1) is 14.3. The molecule has 1 aromatic heterocycles. The number of aliphatic carboxylic acids is 2. The smallest absolute Gasteiger partial charge is 0.344 e. The van der Waals surface area contributed by atoms with Crippen molar-refractivity contribution < 1.29 is 24.5 Å². The van der Waals surface area contributed by atoms with E-state index in [1.807, 2.05) is 0 Å². The van der Waals surface area contributed by atoms with Crippen LogP contribution in [0.2, 0.25) is 0 Å². The molecule has 0 saturated heterocycles. The second-order valence-electron chi connectivity index (χ2n) is 3.92. The van der Waals surface area contributed by atoms with E-state index >= 15 is 0 Å². The third kappa shape index (κ3) is 3.06. The van der Waals surface area contributed by atoms with Gasteiger partial charge in [-0.15, -0.1) is 0 Å². The van der Waals surface area contributed by atoms with E-state index in [4.69, 9.17) is 14.9 Å². The van der Waals surface area contributed by atoms with Gasteiger partial charge in [0, 0.05) is 17.7 Å². The fraction of sp³-hybridized carbons (Fsp3) is 0.0769. The highest BCUT2D eigenvalue weighted by molar-refractivity contribution is 6.12. The molecule has 0 atom stereocenters. The van der Waals surface area contributed by atoms with E-state index in [0.29, 0.717) is 22.5 Å². The molecule has 0 aliphatic heterocycles. The molecular weight excluding hydrogens is 278 g/mol. The van der Waals surface area contributed by atoms with Gasteiger partial charge in [-0.25, -0.2) is 19.6 Å². The zero-order valence-corrected chi connectivity index (χ0v) is 10.9. The summed E-state index contributed by atoms with van der Waals surface area (Å²) >= 11 is 0. The SMILES string of the molecule is COc1ccc2c(NC=C(C(=O)O)C(=O)O)ncnc2c1. The number of carbonyl (C=O) groups is 2. The average molecular weight is 289 g/mol. The topological polar surface area (TPSA) is 122 Å². The molecule has 0 fully saturated rings. The number of carboxylic acid groups (broad SMARTS) is 2. The van der Waals surface area contributed by atoms with Crippen molar-refractivity contribution in [3.63, 3.8) is 0 Å². The van der Waals surface area contributed by atoms with Crippen LogP contribution in [0.15, 0.2) is 36.3 Å². The molecule has 108 valence electrons. The van der Waals surface area contributed by atoms with Gasteiger partial charge in [-0.05, 0) is 12.1 Å². The lowest BCUT2D eigenvalue weighted by Gasteiger charge is -2.06. The van der Waals surface area contributed by atoms with Gasteiger partial charge in [0.2, 0.25) is 0 Å². The third-order valence-electron chi connectivity index (χ3n) is 2.66. The minimum Gasteiger partial charge on any atom is -0.497 e. The summed E-state index contributed by atoms with van der Waals surface area (Å²) in [5.74, 6) is -2.19. The van der Waals surface area contributed by atoms with Crippen molar-refractivity contribution in [3.05, 3.63) is 36.3 Å². The first-order valence-electron chi connectivity index (χ1n) is 5.75. The van der Waals surface area contributed by atoms with Gasteiger partial charge >= 0.3 is 11.9 Å². The number of hydrogen-bond acceptors (Lipinski definition) is 6. The average Bonchev–Trinajstić information content (AvgIpc) is 2.46. The maximum absolute atomic E-state index is 10.8. The van der Waals surface area contributed by atoms with E-state index in [2.05, 4.69) is 15.3 Å². The first-order chi connectivity index (χ1) is 10.0. The number of nitrogens with zero attached hydrogens (tertiary/aromatic N) is 2. The number of fused-ring (bicyclic) bond motifs is 1. The lowest BCUT2D eigenvalue weighted by molar-refractivity contribution is -0.140. The number of hydrogen-bond donors (Lipinski definition) is 3. The Bertz CT molecular complexity index is 726. The molecule has 0 amide bonds. The Morgan fingerprint density at radius 2 is 1.95 bits per heavy atom. The number of nitrogens with one attached hydrogen (secondary N) is 1. The monoisotopic (exact) mass is 289 g/mol.